The fourth-order valence-electron chi connectivity index (χ4n) is 2.14. The first kappa shape index (κ1) is 14.2. The summed E-state index contributed by atoms with van der Waals surface area (Å²) in [7, 11) is 0. The molecule has 0 spiro atoms. The Bertz CT molecular complexity index is 319. The van der Waals surface area contributed by atoms with Gasteiger partial charge < -0.3 is 5.32 Å². The largest absolute Gasteiger partial charge is 0.308 e. The van der Waals surface area contributed by atoms with E-state index in [2.05, 4.69) is 51.2 Å². The lowest BCUT2D eigenvalue weighted by Gasteiger charge is -2.21. The second-order valence-electron chi connectivity index (χ2n) is 5.17. The van der Waals surface area contributed by atoms with E-state index in [9.17, 15) is 0 Å². The van der Waals surface area contributed by atoms with Gasteiger partial charge in [-0.15, -0.1) is 0 Å². The summed E-state index contributed by atoms with van der Waals surface area (Å²) < 4.78 is 1.98. The van der Waals surface area contributed by atoms with Crippen molar-refractivity contribution in [2.75, 3.05) is 0 Å². The van der Waals surface area contributed by atoms with E-state index in [1.165, 1.54) is 18.4 Å². The number of aryl methyl sites for hydroxylation is 1. The first-order valence-electron chi connectivity index (χ1n) is 6.85. The first-order valence-corrected chi connectivity index (χ1v) is 6.85. The van der Waals surface area contributed by atoms with Gasteiger partial charge in [-0.25, -0.2) is 0 Å². The van der Waals surface area contributed by atoms with E-state index >= 15 is 0 Å². The van der Waals surface area contributed by atoms with Crippen molar-refractivity contribution in [3.05, 3.63) is 18.0 Å². The monoisotopic (exact) mass is 237 g/mol. The second kappa shape index (κ2) is 6.80. The van der Waals surface area contributed by atoms with Crippen molar-refractivity contribution in [1.29, 1.82) is 0 Å². The van der Waals surface area contributed by atoms with Crippen LogP contribution in [0.4, 0.5) is 0 Å². The molecule has 0 saturated heterocycles. The molecule has 0 fully saturated rings. The molecule has 3 unspecified atom stereocenters. The molecule has 98 valence electrons. The molecule has 1 aromatic rings. The molecule has 0 aromatic carbocycles. The molecule has 0 saturated carbocycles. The van der Waals surface area contributed by atoms with Gasteiger partial charge in [0, 0.05) is 30.4 Å². The van der Waals surface area contributed by atoms with Gasteiger partial charge in [-0.05, 0) is 33.1 Å². The topological polar surface area (TPSA) is 29.9 Å². The molecule has 17 heavy (non-hydrogen) atoms. The van der Waals surface area contributed by atoms with Crippen molar-refractivity contribution in [2.24, 2.45) is 5.92 Å². The van der Waals surface area contributed by atoms with E-state index in [-0.39, 0.29) is 0 Å². The van der Waals surface area contributed by atoms with Crippen LogP contribution >= 0.6 is 0 Å². The molecule has 0 aliphatic rings. The molecule has 3 heteroatoms. The lowest BCUT2D eigenvalue weighted by Crippen LogP contribution is -2.30. The van der Waals surface area contributed by atoms with Crippen LogP contribution in [0.3, 0.4) is 0 Å². The molecule has 1 N–H and O–H groups in total. The summed E-state index contributed by atoms with van der Waals surface area (Å²) >= 11 is 0. The van der Waals surface area contributed by atoms with Crippen molar-refractivity contribution in [2.45, 2.75) is 66.1 Å². The van der Waals surface area contributed by atoms with Crippen LogP contribution in [0.1, 0.15) is 59.1 Å². The summed E-state index contributed by atoms with van der Waals surface area (Å²) in [4.78, 5) is 0. The Hall–Kier alpha value is -0.830. The van der Waals surface area contributed by atoms with Crippen molar-refractivity contribution in [3.63, 3.8) is 0 Å². The van der Waals surface area contributed by atoms with E-state index in [1.54, 1.807) is 0 Å². The van der Waals surface area contributed by atoms with Crippen molar-refractivity contribution in [3.8, 4) is 0 Å². The van der Waals surface area contributed by atoms with Crippen LogP contribution in [0.15, 0.2) is 12.4 Å². The lowest BCUT2D eigenvalue weighted by atomic mass is 9.99. The van der Waals surface area contributed by atoms with E-state index in [1.807, 2.05) is 10.9 Å². The molecule has 0 aliphatic heterocycles. The van der Waals surface area contributed by atoms with Crippen LogP contribution in [0.2, 0.25) is 0 Å². The maximum absolute atomic E-state index is 4.32. The minimum absolute atomic E-state index is 0.384. The number of aromatic nitrogens is 2. The van der Waals surface area contributed by atoms with Gasteiger partial charge in [0.2, 0.25) is 0 Å². The fourth-order valence-corrected chi connectivity index (χ4v) is 2.14. The smallest absolute Gasteiger partial charge is 0.0537 e. The third-order valence-electron chi connectivity index (χ3n) is 3.46. The Morgan fingerprint density at radius 2 is 2.00 bits per heavy atom. The number of rotatable bonds is 7. The van der Waals surface area contributed by atoms with Crippen LogP contribution in [-0.2, 0) is 6.54 Å². The molecule has 3 nitrogen and oxygen atoms in total. The van der Waals surface area contributed by atoms with Gasteiger partial charge in [0.15, 0.2) is 0 Å². The maximum atomic E-state index is 4.32. The van der Waals surface area contributed by atoms with Crippen molar-refractivity contribution in [1.82, 2.24) is 15.1 Å². The van der Waals surface area contributed by atoms with E-state index in [0.717, 1.165) is 12.5 Å². The van der Waals surface area contributed by atoms with Gasteiger partial charge in [0.1, 0.15) is 0 Å². The highest BCUT2D eigenvalue weighted by molar-refractivity contribution is 5.09. The molecule has 0 radical (unpaired) electrons. The van der Waals surface area contributed by atoms with E-state index < -0.39 is 0 Å². The molecule has 1 aromatic heterocycles. The summed E-state index contributed by atoms with van der Waals surface area (Å²) in [6.45, 7) is 12.1. The standard InChI is InChI=1S/C14H27N3/c1-6-11(3)8-12(4)16-13(5)14-9-15-17(7-2)10-14/h9-13,16H,6-8H2,1-5H3. The Morgan fingerprint density at radius 1 is 1.29 bits per heavy atom. The summed E-state index contributed by atoms with van der Waals surface area (Å²) in [6.07, 6.45) is 6.60. The molecule has 3 atom stereocenters. The summed E-state index contributed by atoms with van der Waals surface area (Å²) in [5, 5.41) is 7.96. The Labute approximate surface area is 106 Å². The summed E-state index contributed by atoms with van der Waals surface area (Å²) in [6, 6.07) is 0.944. The molecule has 0 bridgehead atoms. The van der Waals surface area contributed by atoms with Gasteiger partial charge in [-0.3, -0.25) is 4.68 Å². The van der Waals surface area contributed by atoms with E-state index in [0.29, 0.717) is 12.1 Å². The average Bonchev–Trinajstić information content (AvgIpc) is 2.77. The Balaban J connectivity index is 2.45. The minimum Gasteiger partial charge on any atom is -0.308 e. The molecular formula is C14H27N3. The third kappa shape index (κ3) is 4.50. The average molecular weight is 237 g/mol. The zero-order chi connectivity index (χ0) is 12.8. The number of nitrogens with zero attached hydrogens (tertiary/aromatic N) is 2. The third-order valence-corrected chi connectivity index (χ3v) is 3.46. The van der Waals surface area contributed by atoms with Gasteiger partial charge >= 0.3 is 0 Å². The Morgan fingerprint density at radius 3 is 2.53 bits per heavy atom. The van der Waals surface area contributed by atoms with Crippen LogP contribution in [0, 0.1) is 5.92 Å². The van der Waals surface area contributed by atoms with Crippen LogP contribution < -0.4 is 5.32 Å². The van der Waals surface area contributed by atoms with Gasteiger partial charge in [-0.1, -0.05) is 20.3 Å². The fraction of sp³-hybridized carbons (Fsp3) is 0.786. The van der Waals surface area contributed by atoms with Crippen LogP contribution in [0.25, 0.3) is 0 Å². The summed E-state index contributed by atoms with van der Waals surface area (Å²) in [5.74, 6) is 0.795. The predicted molar refractivity (Wildman–Crippen MR) is 73.0 cm³/mol. The van der Waals surface area contributed by atoms with Crippen LogP contribution in [0.5, 0.6) is 0 Å². The molecule has 0 aliphatic carbocycles. The predicted octanol–water partition coefficient (Wildman–Crippen LogP) is 3.38. The highest BCUT2D eigenvalue weighted by Gasteiger charge is 2.12. The summed E-state index contributed by atoms with van der Waals surface area (Å²) in [5.41, 5.74) is 1.28. The molecule has 1 rings (SSSR count). The van der Waals surface area contributed by atoms with Crippen molar-refractivity contribution < 1.29 is 0 Å². The van der Waals surface area contributed by atoms with Gasteiger partial charge in [-0.2, -0.15) is 5.10 Å². The second-order valence-corrected chi connectivity index (χ2v) is 5.17. The molecule has 0 amide bonds. The SMILES string of the molecule is CCC(C)CC(C)NC(C)c1cnn(CC)c1. The van der Waals surface area contributed by atoms with Crippen molar-refractivity contribution >= 4 is 0 Å². The van der Waals surface area contributed by atoms with Gasteiger partial charge in [0.05, 0.1) is 6.20 Å². The number of nitrogens with one attached hydrogen (secondary N) is 1. The normalized spacial score (nSPS) is 16.8. The number of hydrogen-bond donors (Lipinski definition) is 1. The highest BCUT2D eigenvalue weighted by atomic mass is 15.3. The quantitative estimate of drug-likeness (QED) is 0.788. The molecule has 1 heterocycles. The Kier molecular flexibility index (Phi) is 5.69. The van der Waals surface area contributed by atoms with Crippen LogP contribution in [-0.4, -0.2) is 15.8 Å². The first-order chi connectivity index (χ1) is 8.06. The lowest BCUT2D eigenvalue weighted by molar-refractivity contribution is 0.385. The van der Waals surface area contributed by atoms with Gasteiger partial charge in [0.25, 0.3) is 0 Å². The van der Waals surface area contributed by atoms with E-state index in [4.69, 9.17) is 0 Å². The number of hydrogen-bond acceptors (Lipinski definition) is 2. The minimum atomic E-state index is 0.384. The molecular weight excluding hydrogens is 210 g/mol. The zero-order valence-electron chi connectivity index (χ0n) is 11.9. The zero-order valence-corrected chi connectivity index (χ0v) is 11.9. The highest BCUT2D eigenvalue weighted by Crippen LogP contribution is 2.15. The maximum Gasteiger partial charge on any atom is 0.0537 e.